The van der Waals surface area contributed by atoms with E-state index in [4.69, 9.17) is 0 Å². The molecule has 84 valence electrons. The molecule has 15 heavy (non-hydrogen) atoms. The summed E-state index contributed by atoms with van der Waals surface area (Å²) in [7, 11) is 0. The highest BCUT2D eigenvalue weighted by atomic mass is 79.9. The molecule has 0 spiro atoms. The van der Waals surface area contributed by atoms with E-state index >= 15 is 0 Å². The molecule has 1 rings (SSSR count). The van der Waals surface area contributed by atoms with Gasteiger partial charge in [0.25, 0.3) is 0 Å². The summed E-state index contributed by atoms with van der Waals surface area (Å²) in [6.07, 6.45) is 1.18. The van der Waals surface area contributed by atoms with Crippen molar-refractivity contribution in [2.24, 2.45) is 0 Å². The minimum Gasteiger partial charge on any atom is -0.314 e. The van der Waals surface area contributed by atoms with Crippen LogP contribution in [0.3, 0.4) is 0 Å². The zero-order chi connectivity index (χ0) is 11.3. The molecule has 0 aromatic carbocycles. The molecular weight excluding hydrogens is 274 g/mol. The lowest BCUT2D eigenvalue weighted by atomic mass is 10.1. The summed E-state index contributed by atoms with van der Waals surface area (Å²) >= 11 is 5.01. The van der Waals surface area contributed by atoms with Crippen LogP contribution in [0.25, 0.3) is 0 Å². The van der Waals surface area contributed by atoms with Gasteiger partial charge in [0, 0.05) is 33.6 Å². The van der Waals surface area contributed by atoms with E-state index in [0.717, 1.165) is 15.9 Å². The minimum atomic E-state index is 0.283. The number of hydrogen-bond acceptors (Lipinski definition) is 3. The Morgan fingerprint density at radius 3 is 2.93 bits per heavy atom. The number of hydrogen-bond donors (Lipinski definition) is 1. The summed E-state index contributed by atoms with van der Waals surface area (Å²) in [6, 6.07) is 2.30. The van der Waals surface area contributed by atoms with Crippen molar-refractivity contribution in [1.29, 1.82) is 0 Å². The fourth-order valence-electron chi connectivity index (χ4n) is 1.48. The summed E-state index contributed by atoms with van der Waals surface area (Å²) < 4.78 is 1.06. The Morgan fingerprint density at radius 1 is 1.67 bits per heavy atom. The lowest BCUT2D eigenvalue weighted by molar-refractivity contribution is -0.118. The standard InChI is InChI=1S/C11H16BrNOS/c1-3-13-8(2)4-10(14)6-11-5-9(12)7-15-11/h5,7-8,13H,3-4,6H2,1-2H3. The molecule has 1 N–H and O–H groups in total. The minimum absolute atomic E-state index is 0.283. The summed E-state index contributed by atoms with van der Waals surface area (Å²) in [4.78, 5) is 12.8. The van der Waals surface area contributed by atoms with Crippen LogP contribution in [0.2, 0.25) is 0 Å². The van der Waals surface area contributed by atoms with E-state index in [1.54, 1.807) is 11.3 Å². The Bertz CT molecular complexity index is 324. The average molecular weight is 290 g/mol. The normalized spacial score (nSPS) is 12.7. The van der Waals surface area contributed by atoms with Crippen LogP contribution in [0.15, 0.2) is 15.9 Å². The molecule has 0 radical (unpaired) electrons. The first-order chi connectivity index (χ1) is 7.11. The van der Waals surface area contributed by atoms with Crippen molar-refractivity contribution in [3.05, 3.63) is 20.8 Å². The van der Waals surface area contributed by atoms with Crippen LogP contribution < -0.4 is 5.32 Å². The molecule has 2 nitrogen and oxygen atoms in total. The van der Waals surface area contributed by atoms with Crippen molar-refractivity contribution in [1.82, 2.24) is 5.32 Å². The van der Waals surface area contributed by atoms with Crippen LogP contribution in [0.4, 0.5) is 0 Å². The molecule has 0 amide bonds. The molecule has 0 aliphatic heterocycles. The number of rotatable bonds is 6. The molecule has 0 saturated carbocycles. The Balaban J connectivity index is 2.36. The zero-order valence-corrected chi connectivity index (χ0v) is 11.5. The second-order valence-electron chi connectivity index (χ2n) is 3.61. The predicted molar refractivity (Wildman–Crippen MR) is 68.5 cm³/mol. The van der Waals surface area contributed by atoms with Gasteiger partial charge in [0.2, 0.25) is 0 Å². The van der Waals surface area contributed by atoms with Gasteiger partial charge in [0.15, 0.2) is 0 Å². The van der Waals surface area contributed by atoms with Gasteiger partial charge in [-0.2, -0.15) is 0 Å². The Morgan fingerprint density at radius 2 is 2.40 bits per heavy atom. The number of Topliss-reactive ketones (excluding diaryl/α,β-unsaturated/α-hetero) is 1. The maximum Gasteiger partial charge on any atom is 0.139 e. The van der Waals surface area contributed by atoms with E-state index in [1.165, 1.54) is 0 Å². The third kappa shape index (κ3) is 4.91. The SMILES string of the molecule is CCNC(C)CC(=O)Cc1cc(Br)cs1. The number of thiophene rings is 1. The Hall–Kier alpha value is -0.190. The fourth-order valence-corrected chi connectivity index (χ4v) is 2.95. The maximum atomic E-state index is 11.7. The van der Waals surface area contributed by atoms with Crippen LogP contribution in [-0.4, -0.2) is 18.4 Å². The van der Waals surface area contributed by atoms with Crippen LogP contribution in [-0.2, 0) is 11.2 Å². The first-order valence-corrected chi connectivity index (χ1v) is 6.77. The monoisotopic (exact) mass is 289 g/mol. The molecular formula is C11H16BrNOS. The van der Waals surface area contributed by atoms with Gasteiger partial charge in [0.05, 0.1) is 0 Å². The van der Waals surface area contributed by atoms with E-state index in [-0.39, 0.29) is 6.04 Å². The summed E-state index contributed by atoms with van der Waals surface area (Å²) in [5.41, 5.74) is 0. The van der Waals surface area contributed by atoms with Gasteiger partial charge in [-0.25, -0.2) is 0 Å². The summed E-state index contributed by atoms with van der Waals surface area (Å²) in [6.45, 7) is 5.02. The molecule has 1 unspecified atom stereocenters. The number of nitrogens with one attached hydrogen (secondary N) is 1. The quantitative estimate of drug-likeness (QED) is 0.872. The van der Waals surface area contributed by atoms with Crippen molar-refractivity contribution in [2.75, 3.05) is 6.54 Å². The molecule has 1 heterocycles. The third-order valence-electron chi connectivity index (χ3n) is 2.08. The molecule has 1 aromatic heterocycles. The highest BCUT2D eigenvalue weighted by Crippen LogP contribution is 2.20. The van der Waals surface area contributed by atoms with Crippen molar-refractivity contribution < 1.29 is 4.79 Å². The Labute approximate surface area is 103 Å². The summed E-state index contributed by atoms with van der Waals surface area (Å²) in [5, 5.41) is 5.25. The third-order valence-corrected chi connectivity index (χ3v) is 3.78. The molecule has 1 aromatic rings. The molecule has 4 heteroatoms. The molecule has 1 atom stereocenters. The van der Waals surface area contributed by atoms with E-state index in [1.807, 2.05) is 18.4 Å². The van der Waals surface area contributed by atoms with Gasteiger partial charge in [-0.3, -0.25) is 4.79 Å². The van der Waals surface area contributed by atoms with Crippen molar-refractivity contribution >= 4 is 33.0 Å². The maximum absolute atomic E-state index is 11.7. The fraction of sp³-hybridized carbons (Fsp3) is 0.545. The number of ketones is 1. The molecule has 0 saturated heterocycles. The second kappa shape index (κ2) is 6.40. The van der Waals surface area contributed by atoms with Gasteiger partial charge in [-0.05, 0) is 35.5 Å². The zero-order valence-electron chi connectivity index (χ0n) is 9.05. The van der Waals surface area contributed by atoms with Crippen LogP contribution >= 0.6 is 27.3 Å². The largest absolute Gasteiger partial charge is 0.314 e. The first kappa shape index (κ1) is 12.9. The topological polar surface area (TPSA) is 29.1 Å². The van der Waals surface area contributed by atoms with Gasteiger partial charge in [-0.15, -0.1) is 11.3 Å². The average Bonchev–Trinajstić information content (AvgIpc) is 2.51. The molecule has 0 bridgehead atoms. The van der Waals surface area contributed by atoms with Crippen LogP contribution in [0.5, 0.6) is 0 Å². The van der Waals surface area contributed by atoms with Gasteiger partial charge in [0.1, 0.15) is 5.78 Å². The van der Waals surface area contributed by atoms with Crippen molar-refractivity contribution in [2.45, 2.75) is 32.7 Å². The van der Waals surface area contributed by atoms with Gasteiger partial charge < -0.3 is 5.32 Å². The smallest absolute Gasteiger partial charge is 0.139 e. The summed E-state index contributed by atoms with van der Waals surface area (Å²) in [5.74, 6) is 0.304. The first-order valence-electron chi connectivity index (χ1n) is 5.09. The molecule has 0 aliphatic rings. The Kier molecular flexibility index (Phi) is 5.50. The predicted octanol–water partition coefficient (Wildman–Crippen LogP) is 3.01. The highest BCUT2D eigenvalue weighted by molar-refractivity contribution is 9.10. The van der Waals surface area contributed by atoms with Crippen molar-refractivity contribution in [3.63, 3.8) is 0 Å². The van der Waals surface area contributed by atoms with Crippen molar-refractivity contribution in [3.8, 4) is 0 Å². The number of halogens is 1. The van der Waals surface area contributed by atoms with Crippen LogP contribution in [0, 0.1) is 0 Å². The van der Waals surface area contributed by atoms with E-state index < -0.39 is 0 Å². The van der Waals surface area contributed by atoms with E-state index in [0.29, 0.717) is 18.6 Å². The van der Waals surface area contributed by atoms with Gasteiger partial charge in [-0.1, -0.05) is 6.92 Å². The lowest BCUT2D eigenvalue weighted by Crippen LogP contribution is -2.28. The number of carbonyl (C=O) groups is 1. The number of carbonyl (C=O) groups excluding carboxylic acids is 1. The second-order valence-corrected chi connectivity index (χ2v) is 5.52. The van der Waals surface area contributed by atoms with Gasteiger partial charge >= 0.3 is 0 Å². The molecule has 0 fully saturated rings. The molecule has 0 aliphatic carbocycles. The van der Waals surface area contributed by atoms with Crippen LogP contribution in [0.1, 0.15) is 25.1 Å². The highest BCUT2D eigenvalue weighted by Gasteiger charge is 2.09. The lowest BCUT2D eigenvalue weighted by Gasteiger charge is -2.10. The van der Waals surface area contributed by atoms with E-state index in [9.17, 15) is 4.79 Å². The van der Waals surface area contributed by atoms with E-state index in [2.05, 4.69) is 28.2 Å².